The van der Waals surface area contributed by atoms with E-state index in [9.17, 15) is 14.7 Å². The second-order valence-electron chi connectivity index (χ2n) is 10.2. The molecule has 0 saturated carbocycles. The van der Waals surface area contributed by atoms with Gasteiger partial charge in [0, 0.05) is 12.0 Å². The molecule has 8 heteroatoms. The summed E-state index contributed by atoms with van der Waals surface area (Å²) in [6.45, 7) is 7.04. The molecule has 0 spiro atoms. The SMILES string of the molecule is CCCCCOc1ccc(C2C(=C(O)c3ccc4c(c3)CC(C)O4)C(=O)C(=O)N2Cc2ccco2)cc1OCC. The second-order valence-corrected chi connectivity index (χ2v) is 10.2. The molecule has 5 rings (SSSR count). The summed E-state index contributed by atoms with van der Waals surface area (Å²) in [5.74, 6) is 0.703. The minimum Gasteiger partial charge on any atom is -0.507 e. The zero-order valence-corrected chi connectivity index (χ0v) is 23.1. The monoisotopic (exact) mass is 545 g/mol. The van der Waals surface area contributed by atoms with Gasteiger partial charge in [-0.15, -0.1) is 0 Å². The van der Waals surface area contributed by atoms with Gasteiger partial charge in [0.05, 0.1) is 37.6 Å². The van der Waals surface area contributed by atoms with Crippen molar-refractivity contribution in [2.75, 3.05) is 13.2 Å². The molecule has 1 saturated heterocycles. The quantitative estimate of drug-likeness (QED) is 0.133. The van der Waals surface area contributed by atoms with Gasteiger partial charge in [-0.25, -0.2) is 0 Å². The van der Waals surface area contributed by atoms with Crippen LogP contribution in [0.15, 0.2) is 64.8 Å². The van der Waals surface area contributed by atoms with Gasteiger partial charge in [0.15, 0.2) is 11.5 Å². The Morgan fingerprint density at radius 2 is 1.90 bits per heavy atom. The Labute approximate surface area is 234 Å². The Bertz CT molecular complexity index is 1410. The normalized spacial score (nSPS) is 19.5. The minimum atomic E-state index is -0.859. The van der Waals surface area contributed by atoms with Crippen molar-refractivity contribution in [1.82, 2.24) is 4.90 Å². The number of hydrogen-bond acceptors (Lipinski definition) is 7. The van der Waals surface area contributed by atoms with Gasteiger partial charge < -0.3 is 28.6 Å². The second kappa shape index (κ2) is 11.9. The van der Waals surface area contributed by atoms with Gasteiger partial charge in [-0.05, 0) is 73.9 Å². The van der Waals surface area contributed by atoms with Crippen molar-refractivity contribution < 1.29 is 33.3 Å². The summed E-state index contributed by atoms with van der Waals surface area (Å²) in [5.41, 5.74) is 2.04. The number of aliphatic hydroxyl groups is 1. The van der Waals surface area contributed by atoms with Crippen molar-refractivity contribution in [3.05, 3.63) is 82.8 Å². The summed E-state index contributed by atoms with van der Waals surface area (Å²) in [5, 5.41) is 11.5. The van der Waals surface area contributed by atoms with E-state index in [2.05, 4.69) is 6.92 Å². The maximum Gasteiger partial charge on any atom is 0.296 e. The number of carbonyl (C=O) groups is 2. The highest BCUT2D eigenvalue weighted by Gasteiger charge is 2.46. The highest BCUT2D eigenvalue weighted by Crippen LogP contribution is 2.43. The number of furan rings is 1. The molecule has 8 nitrogen and oxygen atoms in total. The lowest BCUT2D eigenvalue weighted by atomic mass is 9.94. The Balaban J connectivity index is 1.58. The van der Waals surface area contributed by atoms with Crippen molar-refractivity contribution >= 4 is 17.4 Å². The Morgan fingerprint density at radius 3 is 2.65 bits per heavy atom. The van der Waals surface area contributed by atoms with Gasteiger partial charge in [0.1, 0.15) is 23.4 Å². The van der Waals surface area contributed by atoms with E-state index >= 15 is 0 Å². The van der Waals surface area contributed by atoms with Crippen LogP contribution < -0.4 is 14.2 Å². The number of amides is 1. The van der Waals surface area contributed by atoms with Gasteiger partial charge in [-0.1, -0.05) is 25.8 Å². The van der Waals surface area contributed by atoms with Gasteiger partial charge in [-0.3, -0.25) is 9.59 Å². The predicted molar refractivity (Wildman–Crippen MR) is 149 cm³/mol. The maximum atomic E-state index is 13.5. The van der Waals surface area contributed by atoms with Gasteiger partial charge in [0.2, 0.25) is 0 Å². The molecule has 0 bridgehead atoms. The average molecular weight is 546 g/mol. The molecule has 1 aromatic heterocycles. The van der Waals surface area contributed by atoms with Crippen molar-refractivity contribution in [3.8, 4) is 17.2 Å². The maximum absolute atomic E-state index is 13.5. The number of likely N-dealkylation sites (tertiary alicyclic amines) is 1. The smallest absolute Gasteiger partial charge is 0.296 e. The van der Waals surface area contributed by atoms with E-state index in [1.54, 1.807) is 36.4 Å². The van der Waals surface area contributed by atoms with E-state index in [-0.39, 0.29) is 24.0 Å². The van der Waals surface area contributed by atoms with Crippen LogP contribution in [-0.2, 0) is 22.6 Å². The highest BCUT2D eigenvalue weighted by molar-refractivity contribution is 6.46. The molecule has 40 heavy (non-hydrogen) atoms. The number of nitrogens with zero attached hydrogens (tertiary/aromatic N) is 1. The van der Waals surface area contributed by atoms with Crippen molar-refractivity contribution in [2.24, 2.45) is 0 Å². The first-order chi connectivity index (χ1) is 19.4. The summed E-state index contributed by atoms with van der Waals surface area (Å²) in [6, 6.07) is 13.3. The minimum absolute atomic E-state index is 0.0162. The number of unbranched alkanes of at least 4 members (excludes halogenated alkanes) is 2. The van der Waals surface area contributed by atoms with Crippen molar-refractivity contribution in [1.29, 1.82) is 0 Å². The third-order valence-electron chi connectivity index (χ3n) is 7.20. The first-order valence-corrected chi connectivity index (χ1v) is 13.9. The summed E-state index contributed by atoms with van der Waals surface area (Å²) >= 11 is 0. The molecule has 2 atom stereocenters. The molecular formula is C32H35NO7. The molecule has 1 N–H and O–H groups in total. The van der Waals surface area contributed by atoms with E-state index in [1.807, 2.05) is 26.0 Å². The van der Waals surface area contributed by atoms with E-state index < -0.39 is 17.7 Å². The third kappa shape index (κ3) is 5.43. The molecule has 2 aromatic carbocycles. The van der Waals surface area contributed by atoms with Crippen LogP contribution in [0, 0.1) is 0 Å². The van der Waals surface area contributed by atoms with Crippen molar-refractivity contribution in [3.63, 3.8) is 0 Å². The van der Waals surface area contributed by atoms with Crippen molar-refractivity contribution in [2.45, 2.75) is 65.1 Å². The number of fused-ring (bicyclic) bond motifs is 1. The Kier molecular flexibility index (Phi) is 8.14. The number of carbonyl (C=O) groups excluding carboxylic acids is 2. The van der Waals surface area contributed by atoms with Crippen LogP contribution in [0.4, 0.5) is 0 Å². The fourth-order valence-electron chi connectivity index (χ4n) is 5.30. The lowest BCUT2D eigenvalue weighted by Gasteiger charge is -2.25. The topological polar surface area (TPSA) is 98.4 Å². The van der Waals surface area contributed by atoms with Crippen LogP contribution in [-0.4, -0.2) is 41.0 Å². The van der Waals surface area contributed by atoms with Crippen LogP contribution in [0.25, 0.3) is 5.76 Å². The summed E-state index contributed by atoms with van der Waals surface area (Å²) in [6.07, 6.45) is 5.34. The number of rotatable bonds is 11. The molecular weight excluding hydrogens is 510 g/mol. The fraction of sp³-hybridized carbons (Fsp3) is 0.375. The third-order valence-corrected chi connectivity index (χ3v) is 7.20. The van der Waals surface area contributed by atoms with Crippen LogP contribution in [0.5, 0.6) is 17.2 Å². The zero-order valence-electron chi connectivity index (χ0n) is 23.1. The number of aliphatic hydroxyl groups excluding tert-OH is 1. The standard InChI is InChI=1S/C32H35NO7/c1-4-6-7-14-39-26-13-10-21(18-27(26)37-5-2)29-28(31(35)32(36)33(29)19-24-9-8-15-38-24)30(34)22-11-12-25-23(17-22)16-20(3)40-25/h8-13,15,17-18,20,29,34H,4-7,14,16,19H2,1-3H3. The number of hydrogen-bond donors (Lipinski definition) is 1. The zero-order chi connectivity index (χ0) is 28.2. The molecule has 2 aliphatic heterocycles. The molecule has 3 aromatic rings. The highest BCUT2D eigenvalue weighted by atomic mass is 16.5. The fourth-order valence-corrected chi connectivity index (χ4v) is 5.30. The van der Waals surface area contributed by atoms with E-state index in [0.717, 1.165) is 30.6 Å². The van der Waals surface area contributed by atoms with Gasteiger partial charge in [0.25, 0.3) is 11.7 Å². The lowest BCUT2D eigenvalue weighted by molar-refractivity contribution is -0.140. The van der Waals surface area contributed by atoms with Gasteiger partial charge in [-0.2, -0.15) is 0 Å². The molecule has 1 fully saturated rings. The van der Waals surface area contributed by atoms with Crippen LogP contribution >= 0.6 is 0 Å². The number of ketones is 1. The molecule has 0 aliphatic carbocycles. The Hall–Kier alpha value is -4.20. The number of Topliss-reactive ketones (excluding diaryl/α,β-unsaturated/α-hetero) is 1. The molecule has 0 radical (unpaired) electrons. The van der Waals surface area contributed by atoms with Crippen LogP contribution in [0.2, 0.25) is 0 Å². The summed E-state index contributed by atoms with van der Waals surface area (Å²) < 4.78 is 23.2. The Morgan fingerprint density at radius 1 is 1.05 bits per heavy atom. The first kappa shape index (κ1) is 27.4. The van der Waals surface area contributed by atoms with E-state index in [1.165, 1.54) is 11.2 Å². The van der Waals surface area contributed by atoms with Gasteiger partial charge >= 0.3 is 0 Å². The van der Waals surface area contributed by atoms with E-state index in [0.29, 0.717) is 48.0 Å². The molecule has 1 amide bonds. The molecule has 3 heterocycles. The average Bonchev–Trinajstić information content (AvgIpc) is 3.66. The largest absolute Gasteiger partial charge is 0.507 e. The molecule has 2 aliphatic rings. The molecule has 2 unspecified atom stereocenters. The number of benzene rings is 2. The lowest BCUT2D eigenvalue weighted by Crippen LogP contribution is -2.29. The summed E-state index contributed by atoms with van der Waals surface area (Å²) in [7, 11) is 0. The van der Waals surface area contributed by atoms with Crippen LogP contribution in [0.1, 0.15) is 68.5 Å². The first-order valence-electron chi connectivity index (χ1n) is 13.9. The summed E-state index contributed by atoms with van der Waals surface area (Å²) in [4.78, 5) is 28.3. The number of ether oxygens (including phenoxy) is 3. The van der Waals surface area contributed by atoms with E-state index in [4.69, 9.17) is 18.6 Å². The predicted octanol–water partition coefficient (Wildman–Crippen LogP) is 6.19. The molecule has 210 valence electrons. The van der Waals surface area contributed by atoms with Crippen LogP contribution in [0.3, 0.4) is 0 Å².